The van der Waals surface area contributed by atoms with Crippen LogP contribution in [0.1, 0.15) is 19.5 Å². The van der Waals surface area contributed by atoms with Crippen LogP contribution >= 0.6 is 0 Å². The van der Waals surface area contributed by atoms with Gasteiger partial charge in [-0.15, -0.1) is 0 Å². The topological polar surface area (TPSA) is 41.2 Å². The molecule has 0 saturated carbocycles. The van der Waals surface area contributed by atoms with Crippen LogP contribution in [0, 0.1) is 0 Å². The molecule has 1 N–H and O–H groups in total. The van der Waals surface area contributed by atoms with E-state index in [-0.39, 0.29) is 0 Å². The summed E-state index contributed by atoms with van der Waals surface area (Å²) in [5, 5.41) is 8.63. The van der Waals surface area contributed by atoms with Gasteiger partial charge in [0.25, 0.3) is 0 Å². The van der Waals surface area contributed by atoms with E-state index in [1.807, 2.05) is 12.1 Å². The van der Waals surface area contributed by atoms with Crippen molar-refractivity contribution >= 4 is 10.9 Å². The minimum Gasteiger partial charge on any atom is -0.497 e. The highest BCUT2D eigenvalue weighted by molar-refractivity contribution is 5.82. The maximum Gasteiger partial charge on any atom is 0.119 e. The smallest absolute Gasteiger partial charge is 0.119 e. The molecule has 0 amide bonds. The predicted octanol–water partition coefficient (Wildman–Crippen LogP) is 2.46. The fourth-order valence-electron chi connectivity index (χ4n) is 2.17. The Kier molecular flexibility index (Phi) is 4.20. The lowest BCUT2D eigenvalue weighted by Gasteiger charge is -2.17. The Morgan fingerprint density at radius 3 is 2.72 bits per heavy atom. The molecule has 0 aliphatic heterocycles. The lowest BCUT2D eigenvalue weighted by Crippen LogP contribution is -2.25. The summed E-state index contributed by atoms with van der Waals surface area (Å²) in [5.41, 5.74) is 2.20. The van der Waals surface area contributed by atoms with Gasteiger partial charge in [-0.2, -0.15) is 5.10 Å². The number of rotatable bonds is 6. The van der Waals surface area contributed by atoms with Gasteiger partial charge in [0.2, 0.25) is 0 Å². The number of fused-ring (bicyclic) bond motifs is 1. The first-order chi connectivity index (χ1) is 8.78. The van der Waals surface area contributed by atoms with Crippen molar-refractivity contribution in [3.05, 3.63) is 23.9 Å². The third-order valence-electron chi connectivity index (χ3n) is 3.41. The van der Waals surface area contributed by atoms with Crippen LogP contribution in [0.2, 0.25) is 0 Å². The number of benzene rings is 1. The average molecular weight is 247 g/mol. The van der Waals surface area contributed by atoms with Crippen LogP contribution in [-0.4, -0.2) is 41.8 Å². The molecular formula is C14H21N3O. The molecule has 4 heteroatoms. The molecule has 0 spiro atoms. The Hall–Kier alpha value is -1.55. The van der Waals surface area contributed by atoms with Crippen LogP contribution < -0.4 is 4.74 Å². The van der Waals surface area contributed by atoms with E-state index >= 15 is 0 Å². The Labute approximate surface area is 108 Å². The summed E-state index contributed by atoms with van der Waals surface area (Å²) in [6.45, 7) is 7.62. The molecule has 0 unspecified atom stereocenters. The zero-order valence-corrected chi connectivity index (χ0v) is 11.4. The summed E-state index contributed by atoms with van der Waals surface area (Å²) in [6, 6.07) is 5.99. The van der Waals surface area contributed by atoms with Crippen LogP contribution in [0.5, 0.6) is 5.75 Å². The van der Waals surface area contributed by atoms with Gasteiger partial charge in [-0.05, 0) is 31.3 Å². The van der Waals surface area contributed by atoms with Gasteiger partial charge >= 0.3 is 0 Å². The molecule has 0 atom stereocenters. The number of ether oxygens (including phenoxy) is 1. The molecule has 0 radical (unpaired) electrons. The maximum atomic E-state index is 5.26. The predicted molar refractivity (Wildman–Crippen MR) is 74.1 cm³/mol. The first-order valence-electron chi connectivity index (χ1n) is 6.51. The van der Waals surface area contributed by atoms with Crippen molar-refractivity contribution in [3.63, 3.8) is 0 Å². The minimum atomic E-state index is 0.882. The standard InChI is InChI=1S/C14H21N3O/c1-4-17(5-2)9-8-14-12-10-11(18-3)6-7-13(12)15-16-14/h6-7,10H,4-5,8-9H2,1-3H3,(H,15,16). The minimum absolute atomic E-state index is 0.882. The summed E-state index contributed by atoms with van der Waals surface area (Å²) < 4.78 is 5.26. The Bertz CT molecular complexity index is 503. The Balaban J connectivity index is 2.17. The highest BCUT2D eigenvalue weighted by atomic mass is 16.5. The molecule has 4 nitrogen and oxygen atoms in total. The van der Waals surface area contributed by atoms with Gasteiger partial charge in [-0.25, -0.2) is 0 Å². The monoisotopic (exact) mass is 247 g/mol. The van der Waals surface area contributed by atoms with E-state index in [2.05, 4.69) is 35.0 Å². The van der Waals surface area contributed by atoms with Crippen molar-refractivity contribution in [3.8, 4) is 5.75 Å². The normalized spacial score (nSPS) is 11.3. The maximum absolute atomic E-state index is 5.26. The van der Waals surface area contributed by atoms with Crippen molar-refractivity contribution in [2.24, 2.45) is 0 Å². The molecular weight excluding hydrogens is 226 g/mol. The van der Waals surface area contributed by atoms with Crippen molar-refractivity contribution in [1.29, 1.82) is 0 Å². The third-order valence-corrected chi connectivity index (χ3v) is 3.41. The van der Waals surface area contributed by atoms with E-state index < -0.39 is 0 Å². The summed E-state index contributed by atoms with van der Waals surface area (Å²) >= 11 is 0. The molecule has 0 aliphatic rings. The van der Waals surface area contributed by atoms with Crippen molar-refractivity contribution in [2.75, 3.05) is 26.7 Å². The highest BCUT2D eigenvalue weighted by Gasteiger charge is 2.08. The lowest BCUT2D eigenvalue weighted by atomic mass is 10.1. The van der Waals surface area contributed by atoms with Crippen molar-refractivity contribution in [2.45, 2.75) is 20.3 Å². The van der Waals surface area contributed by atoms with E-state index in [1.54, 1.807) is 7.11 Å². The van der Waals surface area contributed by atoms with E-state index in [1.165, 1.54) is 11.1 Å². The van der Waals surface area contributed by atoms with Gasteiger partial charge in [0.15, 0.2) is 0 Å². The second-order valence-corrected chi connectivity index (χ2v) is 4.36. The molecule has 2 rings (SSSR count). The van der Waals surface area contributed by atoms with E-state index in [0.29, 0.717) is 0 Å². The third kappa shape index (κ3) is 2.64. The fourth-order valence-corrected chi connectivity index (χ4v) is 2.17. The molecule has 0 aliphatic carbocycles. The number of aromatic nitrogens is 2. The molecule has 98 valence electrons. The first-order valence-corrected chi connectivity index (χ1v) is 6.51. The number of methoxy groups -OCH3 is 1. The highest BCUT2D eigenvalue weighted by Crippen LogP contribution is 2.22. The largest absolute Gasteiger partial charge is 0.497 e. The molecule has 1 heterocycles. The molecule has 1 aromatic heterocycles. The number of hydrogen-bond acceptors (Lipinski definition) is 3. The second kappa shape index (κ2) is 5.87. The van der Waals surface area contributed by atoms with Gasteiger partial charge < -0.3 is 9.64 Å². The quantitative estimate of drug-likeness (QED) is 0.852. The van der Waals surface area contributed by atoms with Gasteiger partial charge in [-0.1, -0.05) is 13.8 Å². The number of hydrogen-bond donors (Lipinski definition) is 1. The molecule has 1 aromatic carbocycles. The van der Waals surface area contributed by atoms with E-state index in [4.69, 9.17) is 4.74 Å². The van der Waals surface area contributed by atoms with Gasteiger partial charge in [0.05, 0.1) is 12.6 Å². The van der Waals surface area contributed by atoms with E-state index in [0.717, 1.165) is 37.3 Å². The zero-order chi connectivity index (χ0) is 13.0. The summed E-state index contributed by atoms with van der Waals surface area (Å²) in [5.74, 6) is 0.882. The molecule has 18 heavy (non-hydrogen) atoms. The number of likely N-dealkylation sites (N-methyl/N-ethyl adjacent to an activating group) is 1. The van der Waals surface area contributed by atoms with Gasteiger partial charge in [0, 0.05) is 24.0 Å². The summed E-state index contributed by atoms with van der Waals surface area (Å²) in [7, 11) is 1.69. The number of H-pyrrole nitrogens is 1. The van der Waals surface area contributed by atoms with Crippen LogP contribution in [0.3, 0.4) is 0 Å². The Morgan fingerprint density at radius 1 is 1.28 bits per heavy atom. The number of nitrogens with one attached hydrogen (secondary N) is 1. The lowest BCUT2D eigenvalue weighted by molar-refractivity contribution is 0.307. The Morgan fingerprint density at radius 2 is 2.06 bits per heavy atom. The summed E-state index contributed by atoms with van der Waals surface area (Å²) in [4.78, 5) is 2.41. The zero-order valence-electron chi connectivity index (χ0n) is 11.4. The van der Waals surface area contributed by atoms with Crippen LogP contribution in [0.15, 0.2) is 18.2 Å². The van der Waals surface area contributed by atoms with Crippen LogP contribution in [0.4, 0.5) is 0 Å². The fraction of sp³-hybridized carbons (Fsp3) is 0.500. The van der Waals surface area contributed by atoms with Crippen molar-refractivity contribution < 1.29 is 4.74 Å². The van der Waals surface area contributed by atoms with E-state index in [9.17, 15) is 0 Å². The first kappa shape index (κ1) is 12.9. The molecule has 0 saturated heterocycles. The van der Waals surface area contributed by atoms with Crippen molar-refractivity contribution in [1.82, 2.24) is 15.1 Å². The van der Waals surface area contributed by atoms with Gasteiger partial charge in [-0.3, -0.25) is 5.10 Å². The average Bonchev–Trinajstić information content (AvgIpc) is 2.82. The van der Waals surface area contributed by atoms with Crippen LogP contribution in [0.25, 0.3) is 10.9 Å². The molecule has 0 bridgehead atoms. The summed E-state index contributed by atoms with van der Waals surface area (Å²) in [6.07, 6.45) is 0.991. The van der Waals surface area contributed by atoms with Crippen LogP contribution in [-0.2, 0) is 6.42 Å². The molecule has 2 aromatic rings. The SMILES string of the molecule is CCN(CC)CCc1[nH]nc2ccc(OC)cc12. The van der Waals surface area contributed by atoms with Gasteiger partial charge in [0.1, 0.15) is 5.75 Å². The molecule has 0 fully saturated rings. The number of nitrogens with zero attached hydrogens (tertiary/aromatic N) is 2. The number of aromatic amines is 1. The second-order valence-electron chi connectivity index (χ2n) is 4.36.